The zero-order valence-corrected chi connectivity index (χ0v) is 10.7. The summed E-state index contributed by atoms with van der Waals surface area (Å²) in [6.45, 7) is 0.539. The fourth-order valence-electron chi connectivity index (χ4n) is 1.62. The summed E-state index contributed by atoms with van der Waals surface area (Å²) in [6, 6.07) is 10.8. The second-order valence-corrected chi connectivity index (χ2v) is 6.19. The van der Waals surface area contributed by atoms with Crippen molar-refractivity contribution in [1.29, 1.82) is 0 Å². The number of nitrogens with one attached hydrogen (secondary N) is 1. The first kappa shape index (κ1) is 11.5. The maximum atomic E-state index is 10.8. The summed E-state index contributed by atoms with van der Waals surface area (Å²) in [5, 5.41) is 4.02. The van der Waals surface area contributed by atoms with Crippen LogP contribution in [0.3, 0.4) is 0 Å². The molecule has 1 aliphatic rings. The Morgan fingerprint density at radius 3 is 2.88 bits per heavy atom. The Kier molecular flexibility index (Phi) is 4.25. The van der Waals surface area contributed by atoms with Crippen molar-refractivity contribution in [3.63, 3.8) is 0 Å². The van der Waals surface area contributed by atoms with Crippen molar-refractivity contribution in [2.24, 2.45) is 0 Å². The standard InChI is InChI=1S/C12H15NO2Se/c14-12-13-10(9-15-12)5-4-8-16-11-6-2-1-3-7-11/h1-3,6-7,10H,4-5,8-9H2,(H,13,14)/t10-/m0/s1. The molecule has 0 aromatic heterocycles. The molecular weight excluding hydrogens is 269 g/mol. The topological polar surface area (TPSA) is 38.3 Å². The van der Waals surface area contributed by atoms with Crippen molar-refractivity contribution in [2.45, 2.75) is 24.2 Å². The quantitative estimate of drug-likeness (QED) is 0.654. The SMILES string of the molecule is O=C1N[C@@H](CCC[Se]c2ccccc2)CO1. The van der Waals surface area contributed by atoms with Crippen LogP contribution in [0.25, 0.3) is 0 Å². The molecular formula is C12H15NO2Se. The normalized spacial score (nSPS) is 19.2. The molecule has 1 aliphatic heterocycles. The van der Waals surface area contributed by atoms with Gasteiger partial charge >= 0.3 is 102 Å². The van der Waals surface area contributed by atoms with Crippen LogP contribution < -0.4 is 9.78 Å². The number of ether oxygens (including phenoxy) is 1. The van der Waals surface area contributed by atoms with Gasteiger partial charge in [-0.05, 0) is 0 Å². The number of hydrogen-bond acceptors (Lipinski definition) is 2. The fraction of sp³-hybridized carbons (Fsp3) is 0.417. The Balaban J connectivity index is 1.60. The number of hydrogen-bond donors (Lipinski definition) is 1. The van der Waals surface area contributed by atoms with Gasteiger partial charge in [-0.3, -0.25) is 0 Å². The average molecular weight is 284 g/mol. The monoisotopic (exact) mass is 285 g/mol. The molecule has 0 aliphatic carbocycles. The van der Waals surface area contributed by atoms with Crippen LogP contribution in [0, 0.1) is 0 Å². The van der Waals surface area contributed by atoms with Gasteiger partial charge in [0.05, 0.1) is 0 Å². The molecule has 1 fully saturated rings. The molecule has 0 radical (unpaired) electrons. The molecule has 0 unspecified atom stereocenters. The number of rotatable bonds is 5. The summed E-state index contributed by atoms with van der Waals surface area (Å²) >= 11 is 0.560. The third-order valence-electron chi connectivity index (χ3n) is 2.45. The molecule has 0 spiro atoms. The number of alkyl carbamates (subject to hydrolysis) is 1. The first-order valence-electron chi connectivity index (χ1n) is 5.46. The van der Waals surface area contributed by atoms with Crippen LogP contribution in [-0.2, 0) is 4.74 Å². The van der Waals surface area contributed by atoms with Crippen molar-refractivity contribution in [1.82, 2.24) is 5.32 Å². The molecule has 16 heavy (non-hydrogen) atoms. The van der Waals surface area contributed by atoms with Crippen molar-refractivity contribution in [2.75, 3.05) is 6.61 Å². The Hall–Kier alpha value is -0.991. The molecule has 1 saturated heterocycles. The molecule has 4 heteroatoms. The molecule has 86 valence electrons. The van der Waals surface area contributed by atoms with Gasteiger partial charge in [0.15, 0.2) is 0 Å². The second kappa shape index (κ2) is 5.92. The Labute approximate surface area is 102 Å². The van der Waals surface area contributed by atoms with Crippen molar-refractivity contribution < 1.29 is 9.53 Å². The van der Waals surface area contributed by atoms with Gasteiger partial charge in [-0.25, -0.2) is 0 Å². The summed E-state index contributed by atoms with van der Waals surface area (Å²) < 4.78 is 6.28. The third-order valence-corrected chi connectivity index (χ3v) is 4.75. The molecule has 1 atom stereocenters. The van der Waals surface area contributed by atoms with Gasteiger partial charge in [0, 0.05) is 0 Å². The summed E-state index contributed by atoms with van der Waals surface area (Å²) in [6.07, 6.45) is 1.92. The van der Waals surface area contributed by atoms with Crippen LogP contribution in [-0.4, -0.2) is 33.7 Å². The number of carbonyl (C=O) groups excluding carboxylic acids is 1. The molecule has 1 heterocycles. The zero-order chi connectivity index (χ0) is 11.2. The second-order valence-electron chi connectivity index (χ2n) is 3.74. The maximum absolute atomic E-state index is 10.8. The van der Waals surface area contributed by atoms with E-state index in [0.717, 1.165) is 12.8 Å². The van der Waals surface area contributed by atoms with E-state index in [2.05, 4.69) is 29.6 Å². The summed E-state index contributed by atoms with van der Waals surface area (Å²) in [5.74, 6) is 0. The van der Waals surface area contributed by atoms with E-state index in [9.17, 15) is 4.79 Å². The predicted octanol–water partition coefficient (Wildman–Crippen LogP) is 1.32. The van der Waals surface area contributed by atoms with Crippen LogP contribution >= 0.6 is 0 Å². The van der Waals surface area contributed by atoms with E-state index < -0.39 is 0 Å². The number of carbonyl (C=O) groups is 1. The van der Waals surface area contributed by atoms with E-state index in [1.165, 1.54) is 9.78 Å². The third kappa shape index (κ3) is 3.54. The van der Waals surface area contributed by atoms with Crippen LogP contribution in [0.5, 0.6) is 0 Å². The molecule has 0 saturated carbocycles. The molecule has 2 rings (SSSR count). The van der Waals surface area contributed by atoms with Gasteiger partial charge in [0.25, 0.3) is 0 Å². The van der Waals surface area contributed by atoms with Crippen LogP contribution in [0.2, 0.25) is 5.32 Å². The molecule has 1 aromatic rings. The Morgan fingerprint density at radius 2 is 2.19 bits per heavy atom. The van der Waals surface area contributed by atoms with Gasteiger partial charge < -0.3 is 0 Å². The minimum absolute atomic E-state index is 0.235. The molecule has 3 nitrogen and oxygen atoms in total. The first-order valence-corrected chi connectivity index (χ1v) is 7.52. The summed E-state index contributed by atoms with van der Waals surface area (Å²) in [5.41, 5.74) is 0. The Bertz CT molecular complexity index is 342. The number of cyclic esters (lactones) is 1. The van der Waals surface area contributed by atoms with E-state index >= 15 is 0 Å². The van der Waals surface area contributed by atoms with Crippen LogP contribution in [0.1, 0.15) is 12.8 Å². The van der Waals surface area contributed by atoms with E-state index in [1.807, 2.05) is 6.07 Å². The molecule has 1 N–H and O–H groups in total. The van der Waals surface area contributed by atoms with Crippen molar-refractivity contribution in [3.8, 4) is 0 Å². The van der Waals surface area contributed by atoms with E-state index in [4.69, 9.17) is 4.74 Å². The number of benzene rings is 1. The van der Waals surface area contributed by atoms with Crippen molar-refractivity contribution >= 4 is 25.5 Å². The van der Waals surface area contributed by atoms with Crippen LogP contribution in [0.15, 0.2) is 30.3 Å². The van der Waals surface area contributed by atoms with Gasteiger partial charge in [0.1, 0.15) is 0 Å². The summed E-state index contributed by atoms with van der Waals surface area (Å²) in [4.78, 5) is 10.8. The Morgan fingerprint density at radius 1 is 1.38 bits per heavy atom. The molecule has 1 aromatic carbocycles. The molecule has 1 amide bonds. The zero-order valence-electron chi connectivity index (χ0n) is 9.02. The first-order chi connectivity index (χ1) is 7.84. The van der Waals surface area contributed by atoms with Gasteiger partial charge in [0.2, 0.25) is 0 Å². The van der Waals surface area contributed by atoms with Crippen molar-refractivity contribution in [3.05, 3.63) is 30.3 Å². The van der Waals surface area contributed by atoms with E-state index in [-0.39, 0.29) is 12.1 Å². The van der Waals surface area contributed by atoms with Gasteiger partial charge in [-0.2, -0.15) is 0 Å². The van der Waals surface area contributed by atoms with Crippen LogP contribution in [0.4, 0.5) is 4.79 Å². The van der Waals surface area contributed by atoms with Gasteiger partial charge in [-0.15, -0.1) is 0 Å². The number of amides is 1. The van der Waals surface area contributed by atoms with E-state index in [1.54, 1.807) is 0 Å². The minimum atomic E-state index is -0.265. The fourth-order valence-corrected chi connectivity index (χ4v) is 3.50. The average Bonchev–Trinajstić information content (AvgIpc) is 2.72. The molecule has 0 bridgehead atoms. The predicted molar refractivity (Wildman–Crippen MR) is 64.1 cm³/mol. The summed E-state index contributed by atoms with van der Waals surface area (Å²) in [7, 11) is 0. The van der Waals surface area contributed by atoms with E-state index in [0.29, 0.717) is 21.6 Å². The van der Waals surface area contributed by atoms with Gasteiger partial charge in [-0.1, -0.05) is 0 Å².